The lowest BCUT2D eigenvalue weighted by atomic mass is 9.92. The monoisotopic (exact) mass is 217 g/mol. The second kappa shape index (κ2) is 5.80. The molecule has 1 aliphatic heterocycles. The fraction of sp³-hybridized carbons (Fsp3) is 1.00. The van der Waals surface area contributed by atoms with Gasteiger partial charge in [0.05, 0.1) is 19.3 Å². The normalized spacial score (nSPS) is 28.0. The van der Waals surface area contributed by atoms with E-state index in [-0.39, 0.29) is 13.2 Å². The summed E-state index contributed by atoms with van der Waals surface area (Å²) in [5, 5.41) is 21.7. The van der Waals surface area contributed by atoms with E-state index >= 15 is 0 Å². The Bertz CT molecular complexity index is 183. The summed E-state index contributed by atoms with van der Waals surface area (Å²) in [6.45, 7) is 5.42. The van der Waals surface area contributed by atoms with Crippen molar-refractivity contribution in [2.24, 2.45) is 5.41 Å². The number of rotatable bonds is 5. The van der Waals surface area contributed by atoms with Gasteiger partial charge in [0.25, 0.3) is 0 Å². The van der Waals surface area contributed by atoms with Crippen LogP contribution in [0.2, 0.25) is 0 Å². The van der Waals surface area contributed by atoms with Gasteiger partial charge in [0.15, 0.2) is 0 Å². The predicted octanol–water partition coefficient (Wildman–Crippen LogP) is 0.134. The lowest BCUT2D eigenvalue weighted by Gasteiger charge is -2.32. The van der Waals surface area contributed by atoms with Crippen LogP contribution < -0.4 is 5.32 Å². The zero-order chi connectivity index (χ0) is 11.3. The molecule has 0 spiro atoms. The Hall–Kier alpha value is -0.160. The molecule has 0 radical (unpaired) electrons. The van der Waals surface area contributed by atoms with Crippen LogP contribution in [-0.2, 0) is 4.74 Å². The van der Waals surface area contributed by atoms with E-state index in [9.17, 15) is 0 Å². The van der Waals surface area contributed by atoms with Gasteiger partial charge in [-0.15, -0.1) is 0 Å². The zero-order valence-corrected chi connectivity index (χ0v) is 9.70. The molecule has 90 valence electrons. The van der Waals surface area contributed by atoms with Gasteiger partial charge in [-0.1, -0.05) is 6.92 Å². The van der Waals surface area contributed by atoms with Crippen LogP contribution >= 0.6 is 0 Å². The number of ether oxygens (including phenoxy) is 1. The highest BCUT2D eigenvalue weighted by Gasteiger charge is 2.25. The highest BCUT2D eigenvalue weighted by Crippen LogP contribution is 2.17. The van der Waals surface area contributed by atoms with E-state index < -0.39 is 5.41 Å². The highest BCUT2D eigenvalue weighted by atomic mass is 16.5. The summed E-state index contributed by atoms with van der Waals surface area (Å²) in [7, 11) is 0. The Morgan fingerprint density at radius 2 is 2.07 bits per heavy atom. The molecule has 0 aromatic rings. The zero-order valence-electron chi connectivity index (χ0n) is 9.70. The summed E-state index contributed by atoms with van der Waals surface area (Å²) < 4.78 is 5.45. The van der Waals surface area contributed by atoms with Gasteiger partial charge >= 0.3 is 0 Å². The van der Waals surface area contributed by atoms with Crippen molar-refractivity contribution in [2.75, 3.05) is 26.4 Å². The lowest BCUT2D eigenvalue weighted by Crippen LogP contribution is -2.45. The first-order valence-corrected chi connectivity index (χ1v) is 5.66. The molecule has 0 aliphatic carbocycles. The molecular formula is C11H23NO3. The van der Waals surface area contributed by atoms with E-state index in [1.54, 1.807) is 0 Å². The van der Waals surface area contributed by atoms with E-state index in [4.69, 9.17) is 14.9 Å². The summed E-state index contributed by atoms with van der Waals surface area (Å²) in [5.41, 5.74) is -0.415. The number of aliphatic hydroxyl groups is 2. The Kier molecular flexibility index (Phi) is 4.99. The fourth-order valence-electron chi connectivity index (χ4n) is 1.74. The van der Waals surface area contributed by atoms with Crippen LogP contribution in [0.3, 0.4) is 0 Å². The Morgan fingerprint density at radius 1 is 1.40 bits per heavy atom. The summed E-state index contributed by atoms with van der Waals surface area (Å²) >= 11 is 0. The van der Waals surface area contributed by atoms with Crippen molar-refractivity contribution in [3.63, 3.8) is 0 Å². The SMILES string of the molecule is CC1CC(NCC(C)(CO)CO)CCO1. The minimum atomic E-state index is -0.415. The van der Waals surface area contributed by atoms with Crippen LogP contribution in [0.5, 0.6) is 0 Å². The molecule has 15 heavy (non-hydrogen) atoms. The van der Waals surface area contributed by atoms with Crippen molar-refractivity contribution in [1.29, 1.82) is 0 Å². The van der Waals surface area contributed by atoms with Gasteiger partial charge in [-0.05, 0) is 19.8 Å². The highest BCUT2D eigenvalue weighted by molar-refractivity contribution is 4.80. The van der Waals surface area contributed by atoms with Crippen LogP contribution in [0, 0.1) is 5.41 Å². The third-order valence-electron chi connectivity index (χ3n) is 3.07. The van der Waals surface area contributed by atoms with Gasteiger partial charge in [-0.25, -0.2) is 0 Å². The van der Waals surface area contributed by atoms with Gasteiger partial charge in [-0.2, -0.15) is 0 Å². The molecule has 0 amide bonds. The molecule has 1 saturated heterocycles. The van der Waals surface area contributed by atoms with Crippen molar-refractivity contribution >= 4 is 0 Å². The number of aliphatic hydroxyl groups excluding tert-OH is 2. The maximum atomic E-state index is 9.14. The van der Waals surface area contributed by atoms with E-state index in [0.717, 1.165) is 19.4 Å². The number of nitrogens with one attached hydrogen (secondary N) is 1. The number of hydrogen-bond donors (Lipinski definition) is 3. The molecule has 0 saturated carbocycles. The molecule has 1 aliphatic rings. The summed E-state index contributed by atoms with van der Waals surface area (Å²) in [5.74, 6) is 0. The first-order chi connectivity index (χ1) is 7.09. The molecule has 2 unspecified atom stereocenters. The van der Waals surface area contributed by atoms with Crippen LogP contribution in [0.15, 0.2) is 0 Å². The van der Waals surface area contributed by atoms with Crippen molar-refractivity contribution in [1.82, 2.24) is 5.32 Å². The summed E-state index contributed by atoms with van der Waals surface area (Å²) in [6, 6.07) is 0.450. The summed E-state index contributed by atoms with van der Waals surface area (Å²) in [4.78, 5) is 0. The van der Waals surface area contributed by atoms with Gasteiger partial charge in [0.1, 0.15) is 0 Å². The Balaban J connectivity index is 2.29. The maximum absolute atomic E-state index is 9.14. The third-order valence-corrected chi connectivity index (χ3v) is 3.07. The molecule has 1 rings (SSSR count). The predicted molar refractivity (Wildman–Crippen MR) is 58.7 cm³/mol. The summed E-state index contributed by atoms with van der Waals surface area (Å²) in [6.07, 6.45) is 2.33. The first kappa shape index (κ1) is 12.9. The average Bonchev–Trinajstić information content (AvgIpc) is 2.26. The first-order valence-electron chi connectivity index (χ1n) is 5.66. The minimum Gasteiger partial charge on any atom is -0.396 e. The van der Waals surface area contributed by atoms with Crippen molar-refractivity contribution in [3.05, 3.63) is 0 Å². The molecular weight excluding hydrogens is 194 g/mol. The van der Waals surface area contributed by atoms with Crippen molar-refractivity contribution in [3.8, 4) is 0 Å². The molecule has 0 bridgehead atoms. The van der Waals surface area contributed by atoms with Gasteiger partial charge in [0, 0.05) is 24.6 Å². The average molecular weight is 217 g/mol. The van der Waals surface area contributed by atoms with E-state index in [1.807, 2.05) is 6.92 Å². The lowest BCUT2D eigenvalue weighted by molar-refractivity contribution is 0.00677. The molecule has 4 heteroatoms. The van der Waals surface area contributed by atoms with Crippen LogP contribution in [0.4, 0.5) is 0 Å². The van der Waals surface area contributed by atoms with Crippen LogP contribution in [-0.4, -0.2) is 48.7 Å². The molecule has 0 aromatic carbocycles. The Labute approximate surface area is 91.6 Å². The maximum Gasteiger partial charge on any atom is 0.0561 e. The Morgan fingerprint density at radius 3 is 2.60 bits per heavy atom. The smallest absolute Gasteiger partial charge is 0.0561 e. The topological polar surface area (TPSA) is 61.7 Å². The van der Waals surface area contributed by atoms with Crippen LogP contribution in [0.25, 0.3) is 0 Å². The molecule has 2 atom stereocenters. The fourth-order valence-corrected chi connectivity index (χ4v) is 1.74. The van der Waals surface area contributed by atoms with Gasteiger partial charge in [-0.3, -0.25) is 0 Å². The van der Waals surface area contributed by atoms with Crippen molar-refractivity contribution < 1.29 is 14.9 Å². The molecule has 3 N–H and O–H groups in total. The number of hydrogen-bond acceptors (Lipinski definition) is 4. The van der Waals surface area contributed by atoms with E-state index in [2.05, 4.69) is 12.2 Å². The van der Waals surface area contributed by atoms with Gasteiger partial charge < -0.3 is 20.3 Å². The second-order valence-corrected chi connectivity index (χ2v) is 4.91. The van der Waals surface area contributed by atoms with Crippen LogP contribution in [0.1, 0.15) is 26.7 Å². The van der Waals surface area contributed by atoms with Crippen molar-refractivity contribution in [2.45, 2.75) is 38.8 Å². The minimum absolute atomic E-state index is 0.00920. The quantitative estimate of drug-likeness (QED) is 0.613. The molecule has 0 aromatic heterocycles. The van der Waals surface area contributed by atoms with Gasteiger partial charge in [0.2, 0.25) is 0 Å². The van der Waals surface area contributed by atoms with E-state index in [1.165, 1.54) is 0 Å². The largest absolute Gasteiger partial charge is 0.396 e. The second-order valence-electron chi connectivity index (χ2n) is 4.91. The molecule has 4 nitrogen and oxygen atoms in total. The third kappa shape index (κ3) is 4.07. The molecule has 1 heterocycles. The molecule has 1 fully saturated rings. The standard InChI is InChI=1S/C11H23NO3/c1-9-5-10(3-4-15-9)12-6-11(2,7-13)8-14/h9-10,12-14H,3-8H2,1-2H3. The van der Waals surface area contributed by atoms with E-state index in [0.29, 0.717) is 18.7 Å².